The van der Waals surface area contributed by atoms with Gasteiger partial charge in [0.15, 0.2) is 0 Å². The second-order valence-electron chi connectivity index (χ2n) is 5.04. The van der Waals surface area contributed by atoms with Crippen LogP contribution in [0.2, 0.25) is 0 Å². The van der Waals surface area contributed by atoms with Crippen LogP contribution in [0.15, 0.2) is 54.6 Å². The standard InChI is InChI=1S/C16H18N4S/c1-13(16-19-7-9-21-16)10-18-11-14-2-4-15(5-3-14)20-8-6-17-12-20/h2-9,12-13,18H,10-11H2,1H3. The molecule has 0 amide bonds. The van der Waals surface area contributed by atoms with Crippen molar-refractivity contribution in [2.45, 2.75) is 19.4 Å². The number of aromatic nitrogens is 3. The summed E-state index contributed by atoms with van der Waals surface area (Å²) in [5.41, 5.74) is 2.41. The van der Waals surface area contributed by atoms with Crippen molar-refractivity contribution in [2.24, 2.45) is 0 Å². The lowest BCUT2D eigenvalue weighted by Gasteiger charge is -2.10. The van der Waals surface area contributed by atoms with Gasteiger partial charge < -0.3 is 9.88 Å². The normalized spacial score (nSPS) is 12.4. The summed E-state index contributed by atoms with van der Waals surface area (Å²) >= 11 is 1.72. The average molecular weight is 298 g/mol. The van der Waals surface area contributed by atoms with Crippen molar-refractivity contribution in [3.05, 3.63) is 65.1 Å². The fourth-order valence-corrected chi connectivity index (χ4v) is 2.89. The van der Waals surface area contributed by atoms with Crippen LogP contribution in [0.1, 0.15) is 23.4 Å². The number of imidazole rings is 1. The molecule has 0 aliphatic heterocycles. The molecule has 4 nitrogen and oxygen atoms in total. The Morgan fingerprint density at radius 3 is 2.76 bits per heavy atom. The van der Waals surface area contributed by atoms with Crippen molar-refractivity contribution in [1.29, 1.82) is 0 Å². The summed E-state index contributed by atoms with van der Waals surface area (Å²) < 4.78 is 2.00. The van der Waals surface area contributed by atoms with Crippen molar-refractivity contribution in [2.75, 3.05) is 6.54 Å². The van der Waals surface area contributed by atoms with Gasteiger partial charge in [0.1, 0.15) is 0 Å². The first-order valence-corrected chi connectivity index (χ1v) is 7.88. The van der Waals surface area contributed by atoms with E-state index in [9.17, 15) is 0 Å². The molecule has 1 atom stereocenters. The summed E-state index contributed by atoms with van der Waals surface area (Å²) in [5.74, 6) is 0.454. The Labute approximate surface area is 128 Å². The van der Waals surface area contributed by atoms with E-state index >= 15 is 0 Å². The highest BCUT2D eigenvalue weighted by Gasteiger charge is 2.07. The summed E-state index contributed by atoms with van der Waals surface area (Å²) in [6.07, 6.45) is 7.41. The van der Waals surface area contributed by atoms with Crippen LogP contribution in [0.5, 0.6) is 0 Å². The van der Waals surface area contributed by atoms with Crippen LogP contribution in [-0.2, 0) is 6.54 Å². The molecule has 0 aliphatic rings. The zero-order valence-corrected chi connectivity index (χ0v) is 12.8. The fraction of sp³-hybridized carbons (Fsp3) is 0.250. The van der Waals surface area contributed by atoms with Crippen molar-refractivity contribution >= 4 is 11.3 Å². The van der Waals surface area contributed by atoms with Gasteiger partial charge in [-0.3, -0.25) is 0 Å². The highest BCUT2D eigenvalue weighted by molar-refractivity contribution is 7.09. The molecule has 3 aromatic rings. The minimum atomic E-state index is 0.454. The van der Waals surface area contributed by atoms with Crippen molar-refractivity contribution in [3.63, 3.8) is 0 Å². The molecule has 0 bridgehead atoms. The molecule has 0 spiro atoms. The quantitative estimate of drug-likeness (QED) is 0.760. The Bertz CT molecular complexity index is 644. The second kappa shape index (κ2) is 6.65. The molecule has 108 valence electrons. The second-order valence-corrected chi connectivity index (χ2v) is 5.96. The third-order valence-electron chi connectivity index (χ3n) is 3.39. The van der Waals surface area contributed by atoms with Gasteiger partial charge in [-0.15, -0.1) is 11.3 Å². The third kappa shape index (κ3) is 3.56. The first-order chi connectivity index (χ1) is 10.3. The highest BCUT2D eigenvalue weighted by Crippen LogP contribution is 2.16. The van der Waals surface area contributed by atoms with Crippen molar-refractivity contribution in [1.82, 2.24) is 19.9 Å². The van der Waals surface area contributed by atoms with Crippen molar-refractivity contribution < 1.29 is 0 Å². The largest absolute Gasteiger partial charge is 0.312 e. The molecule has 0 aliphatic carbocycles. The van der Waals surface area contributed by atoms with E-state index in [4.69, 9.17) is 0 Å². The van der Waals surface area contributed by atoms with E-state index in [0.717, 1.165) is 18.8 Å². The lowest BCUT2D eigenvalue weighted by Crippen LogP contribution is -2.19. The fourth-order valence-electron chi connectivity index (χ4n) is 2.20. The first-order valence-electron chi connectivity index (χ1n) is 7.00. The number of nitrogens with one attached hydrogen (secondary N) is 1. The maximum Gasteiger partial charge on any atom is 0.0991 e. The van der Waals surface area contributed by atoms with Gasteiger partial charge in [-0.1, -0.05) is 19.1 Å². The average Bonchev–Trinajstić information content (AvgIpc) is 3.21. The molecule has 0 saturated carbocycles. The Morgan fingerprint density at radius 1 is 1.24 bits per heavy atom. The Hall–Kier alpha value is -1.98. The van der Waals surface area contributed by atoms with E-state index in [-0.39, 0.29) is 0 Å². The number of thiazole rings is 1. The topological polar surface area (TPSA) is 42.7 Å². The Kier molecular flexibility index (Phi) is 4.43. The molecule has 2 heterocycles. The maximum atomic E-state index is 4.35. The molecule has 1 aromatic carbocycles. The van der Waals surface area contributed by atoms with Crippen LogP contribution < -0.4 is 5.32 Å². The van der Waals surface area contributed by atoms with Crippen LogP contribution in [0, 0.1) is 0 Å². The van der Waals surface area contributed by atoms with Gasteiger partial charge in [0.05, 0.1) is 11.3 Å². The van der Waals surface area contributed by atoms with E-state index in [0.29, 0.717) is 5.92 Å². The number of hydrogen-bond donors (Lipinski definition) is 1. The van der Waals surface area contributed by atoms with Gasteiger partial charge in [0.25, 0.3) is 0 Å². The molecular formula is C16H18N4S. The minimum absolute atomic E-state index is 0.454. The molecule has 1 unspecified atom stereocenters. The number of nitrogens with zero attached hydrogens (tertiary/aromatic N) is 3. The molecule has 0 radical (unpaired) electrons. The zero-order valence-electron chi connectivity index (χ0n) is 11.9. The Morgan fingerprint density at radius 2 is 2.10 bits per heavy atom. The Balaban J connectivity index is 1.52. The van der Waals surface area contributed by atoms with Crippen LogP contribution >= 0.6 is 11.3 Å². The lowest BCUT2D eigenvalue weighted by molar-refractivity contribution is 0.613. The summed E-state index contributed by atoms with van der Waals surface area (Å²) in [6, 6.07) is 8.53. The molecule has 3 rings (SSSR count). The van der Waals surface area contributed by atoms with Gasteiger partial charge in [0.2, 0.25) is 0 Å². The summed E-state index contributed by atoms with van der Waals surface area (Å²) in [6.45, 7) is 4.02. The SMILES string of the molecule is CC(CNCc1ccc(-n2ccnc2)cc1)c1nccs1. The number of benzene rings is 1. The number of rotatable bonds is 6. The van der Waals surface area contributed by atoms with Gasteiger partial charge >= 0.3 is 0 Å². The van der Waals surface area contributed by atoms with Crippen molar-refractivity contribution in [3.8, 4) is 5.69 Å². The third-order valence-corrected chi connectivity index (χ3v) is 4.40. The first kappa shape index (κ1) is 14.0. The molecule has 21 heavy (non-hydrogen) atoms. The maximum absolute atomic E-state index is 4.35. The van der Waals surface area contributed by atoms with Crippen LogP contribution in [0.4, 0.5) is 0 Å². The van der Waals surface area contributed by atoms with E-state index in [2.05, 4.69) is 46.5 Å². The molecule has 2 aromatic heterocycles. The molecule has 0 fully saturated rings. The van der Waals surface area contributed by atoms with Gasteiger partial charge in [-0.05, 0) is 17.7 Å². The highest BCUT2D eigenvalue weighted by atomic mass is 32.1. The van der Waals surface area contributed by atoms with Gasteiger partial charge in [0, 0.05) is 48.7 Å². The van der Waals surface area contributed by atoms with E-state index in [1.165, 1.54) is 10.6 Å². The smallest absolute Gasteiger partial charge is 0.0991 e. The van der Waals surface area contributed by atoms with Crippen LogP contribution in [0.25, 0.3) is 5.69 Å². The lowest BCUT2D eigenvalue weighted by atomic mass is 10.1. The minimum Gasteiger partial charge on any atom is -0.312 e. The van der Waals surface area contributed by atoms with E-state index < -0.39 is 0 Å². The monoisotopic (exact) mass is 298 g/mol. The predicted octanol–water partition coefficient (Wildman–Crippen LogP) is 3.22. The molecule has 1 N–H and O–H groups in total. The molecule has 0 saturated heterocycles. The molecular weight excluding hydrogens is 280 g/mol. The number of hydrogen-bond acceptors (Lipinski definition) is 4. The van der Waals surface area contributed by atoms with E-state index in [1.54, 1.807) is 17.5 Å². The van der Waals surface area contributed by atoms with E-state index in [1.807, 2.05) is 28.7 Å². The zero-order chi connectivity index (χ0) is 14.5. The van der Waals surface area contributed by atoms with Gasteiger partial charge in [-0.2, -0.15) is 0 Å². The van der Waals surface area contributed by atoms with Crippen LogP contribution in [0.3, 0.4) is 0 Å². The van der Waals surface area contributed by atoms with Crippen LogP contribution in [-0.4, -0.2) is 21.1 Å². The summed E-state index contributed by atoms with van der Waals surface area (Å²) in [4.78, 5) is 8.41. The predicted molar refractivity (Wildman–Crippen MR) is 85.8 cm³/mol. The summed E-state index contributed by atoms with van der Waals surface area (Å²) in [7, 11) is 0. The molecule has 5 heteroatoms. The van der Waals surface area contributed by atoms with Gasteiger partial charge in [-0.25, -0.2) is 9.97 Å². The summed E-state index contributed by atoms with van der Waals surface area (Å²) in [5, 5.41) is 6.71.